The van der Waals surface area contributed by atoms with E-state index in [9.17, 15) is 4.79 Å². The molecule has 2 saturated heterocycles. The summed E-state index contributed by atoms with van der Waals surface area (Å²) in [5.74, 6) is 1.60. The largest absolute Gasteiger partial charge is 0.348 e. The molecule has 3 atom stereocenters. The van der Waals surface area contributed by atoms with Crippen LogP contribution in [0, 0.1) is 11.8 Å². The van der Waals surface area contributed by atoms with Crippen LogP contribution in [0.15, 0.2) is 28.7 Å². The Kier molecular flexibility index (Phi) is 6.26. The van der Waals surface area contributed by atoms with E-state index >= 15 is 0 Å². The van der Waals surface area contributed by atoms with E-state index in [1.54, 1.807) is 0 Å². The summed E-state index contributed by atoms with van der Waals surface area (Å²) in [7, 11) is 0. The first kappa shape index (κ1) is 17.7. The third-order valence-corrected chi connectivity index (χ3v) is 5.11. The Bertz CT molecular complexity index is 499. The molecular weight excluding hydrogens is 366 g/mol. The van der Waals surface area contributed by atoms with E-state index in [-0.39, 0.29) is 24.4 Å². The fourth-order valence-corrected chi connectivity index (χ4v) is 3.67. The minimum absolute atomic E-state index is 0. The second-order valence-electron chi connectivity index (χ2n) is 6.21. The first-order valence-electron chi connectivity index (χ1n) is 7.59. The molecule has 1 unspecified atom stereocenters. The molecule has 0 spiro atoms. The average Bonchev–Trinajstić information content (AvgIpc) is 3.00. The Morgan fingerprint density at radius 1 is 1.32 bits per heavy atom. The van der Waals surface area contributed by atoms with Gasteiger partial charge in [-0.1, -0.05) is 28.1 Å². The maximum Gasteiger partial charge on any atom is 0.234 e. The molecule has 0 aliphatic carbocycles. The van der Waals surface area contributed by atoms with Gasteiger partial charge in [-0.3, -0.25) is 9.69 Å². The third-order valence-electron chi connectivity index (χ3n) is 4.58. The molecule has 0 aromatic heterocycles. The van der Waals surface area contributed by atoms with Crippen LogP contribution >= 0.6 is 28.3 Å². The summed E-state index contributed by atoms with van der Waals surface area (Å²) >= 11 is 3.43. The number of benzene rings is 1. The predicted octanol–water partition coefficient (Wildman–Crippen LogP) is 2.20. The number of likely N-dealkylation sites (tertiary alicyclic amines) is 1. The van der Waals surface area contributed by atoms with Crippen LogP contribution in [0.1, 0.15) is 18.5 Å². The maximum absolute atomic E-state index is 12.2. The third kappa shape index (κ3) is 4.22. The van der Waals surface area contributed by atoms with Gasteiger partial charge in [-0.05, 0) is 49.5 Å². The summed E-state index contributed by atoms with van der Waals surface area (Å²) in [4.78, 5) is 14.5. The molecule has 6 heteroatoms. The number of carbonyl (C=O) groups is 1. The SMILES string of the molecule is CC(NC(=O)CN1C[C@H]2CNC[C@H]2C1)c1ccc(Br)cc1.Cl. The molecule has 1 amide bonds. The van der Waals surface area contributed by atoms with Gasteiger partial charge in [-0.15, -0.1) is 12.4 Å². The van der Waals surface area contributed by atoms with Crippen LogP contribution in [0.4, 0.5) is 0 Å². The normalized spacial score (nSPS) is 25.4. The molecule has 0 bridgehead atoms. The quantitative estimate of drug-likeness (QED) is 0.831. The van der Waals surface area contributed by atoms with Crippen molar-refractivity contribution in [2.24, 2.45) is 11.8 Å². The molecule has 2 fully saturated rings. The van der Waals surface area contributed by atoms with Gasteiger partial charge in [0.05, 0.1) is 12.6 Å². The van der Waals surface area contributed by atoms with E-state index in [0.29, 0.717) is 6.54 Å². The summed E-state index contributed by atoms with van der Waals surface area (Å²) in [6, 6.07) is 8.15. The first-order chi connectivity index (χ1) is 10.1. The number of nitrogens with zero attached hydrogens (tertiary/aromatic N) is 1. The van der Waals surface area contributed by atoms with Crippen LogP contribution in [0.5, 0.6) is 0 Å². The van der Waals surface area contributed by atoms with Gasteiger partial charge in [0.15, 0.2) is 0 Å². The highest BCUT2D eigenvalue weighted by Crippen LogP contribution is 2.25. The zero-order valence-corrected chi connectivity index (χ0v) is 15.1. The van der Waals surface area contributed by atoms with E-state index in [2.05, 4.69) is 31.5 Å². The Balaban J connectivity index is 0.00000176. The number of amides is 1. The van der Waals surface area contributed by atoms with Gasteiger partial charge in [0.2, 0.25) is 5.91 Å². The van der Waals surface area contributed by atoms with Crippen LogP contribution in [-0.2, 0) is 4.79 Å². The van der Waals surface area contributed by atoms with E-state index in [0.717, 1.165) is 48.1 Å². The topological polar surface area (TPSA) is 44.4 Å². The van der Waals surface area contributed by atoms with Gasteiger partial charge in [0.25, 0.3) is 0 Å². The minimum Gasteiger partial charge on any atom is -0.348 e. The lowest BCUT2D eigenvalue weighted by Crippen LogP contribution is -2.38. The lowest BCUT2D eigenvalue weighted by molar-refractivity contribution is -0.122. The molecule has 3 rings (SSSR count). The molecule has 2 heterocycles. The zero-order valence-electron chi connectivity index (χ0n) is 12.7. The molecule has 2 aliphatic heterocycles. The number of carbonyl (C=O) groups excluding carboxylic acids is 1. The second kappa shape index (κ2) is 7.77. The monoisotopic (exact) mass is 387 g/mol. The number of halogens is 2. The van der Waals surface area contributed by atoms with Crippen molar-refractivity contribution < 1.29 is 4.79 Å². The van der Waals surface area contributed by atoms with Crippen LogP contribution < -0.4 is 10.6 Å². The molecule has 2 aliphatic rings. The van der Waals surface area contributed by atoms with Crippen molar-refractivity contribution in [3.8, 4) is 0 Å². The molecule has 1 aromatic carbocycles. The molecule has 0 radical (unpaired) electrons. The van der Waals surface area contributed by atoms with Gasteiger partial charge in [0.1, 0.15) is 0 Å². The molecule has 0 saturated carbocycles. The molecular formula is C16H23BrClN3O. The van der Waals surface area contributed by atoms with E-state index < -0.39 is 0 Å². The highest BCUT2D eigenvalue weighted by atomic mass is 79.9. The van der Waals surface area contributed by atoms with Crippen molar-refractivity contribution in [2.75, 3.05) is 32.7 Å². The number of hydrogen-bond acceptors (Lipinski definition) is 3. The van der Waals surface area contributed by atoms with Gasteiger partial charge in [0, 0.05) is 17.6 Å². The van der Waals surface area contributed by atoms with Gasteiger partial charge < -0.3 is 10.6 Å². The summed E-state index contributed by atoms with van der Waals surface area (Å²) in [5, 5.41) is 6.52. The Labute approximate surface area is 146 Å². The lowest BCUT2D eigenvalue weighted by atomic mass is 10.0. The number of nitrogens with one attached hydrogen (secondary N) is 2. The van der Waals surface area contributed by atoms with E-state index in [1.807, 2.05) is 31.2 Å². The van der Waals surface area contributed by atoms with Crippen LogP contribution in [-0.4, -0.2) is 43.5 Å². The first-order valence-corrected chi connectivity index (χ1v) is 8.39. The highest BCUT2D eigenvalue weighted by molar-refractivity contribution is 9.10. The number of rotatable bonds is 4. The molecule has 4 nitrogen and oxygen atoms in total. The summed E-state index contributed by atoms with van der Waals surface area (Å²) in [5.41, 5.74) is 1.13. The lowest BCUT2D eigenvalue weighted by Gasteiger charge is -2.19. The predicted molar refractivity (Wildman–Crippen MR) is 94.2 cm³/mol. The van der Waals surface area contributed by atoms with Crippen molar-refractivity contribution in [3.05, 3.63) is 34.3 Å². The van der Waals surface area contributed by atoms with Gasteiger partial charge in [-0.25, -0.2) is 0 Å². The summed E-state index contributed by atoms with van der Waals surface area (Å²) in [6.45, 7) is 6.88. The van der Waals surface area contributed by atoms with Crippen LogP contribution in [0.3, 0.4) is 0 Å². The zero-order chi connectivity index (χ0) is 14.8. The Morgan fingerprint density at radius 2 is 1.91 bits per heavy atom. The van der Waals surface area contributed by atoms with Crippen molar-refractivity contribution in [2.45, 2.75) is 13.0 Å². The highest BCUT2D eigenvalue weighted by Gasteiger charge is 2.36. The molecule has 1 aromatic rings. The standard InChI is InChI=1S/C16H22BrN3O.ClH/c1-11(12-2-4-15(17)5-3-12)19-16(21)10-20-8-13-6-18-7-14(13)9-20;/h2-5,11,13-14,18H,6-10H2,1H3,(H,19,21);1H/t11?,13-,14+;. The van der Waals surface area contributed by atoms with Crippen molar-refractivity contribution in [1.29, 1.82) is 0 Å². The molecule has 122 valence electrons. The maximum atomic E-state index is 12.2. The van der Waals surface area contributed by atoms with Crippen molar-refractivity contribution >= 4 is 34.2 Å². The Hall–Kier alpha value is -0.620. The molecule has 2 N–H and O–H groups in total. The number of hydrogen-bond donors (Lipinski definition) is 2. The van der Waals surface area contributed by atoms with Gasteiger partial charge >= 0.3 is 0 Å². The van der Waals surface area contributed by atoms with E-state index in [1.165, 1.54) is 0 Å². The van der Waals surface area contributed by atoms with Crippen LogP contribution in [0.25, 0.3) is 0 Å². The van der Waals surface area contributed by atoms with Crippen LogP contribution in [0.2, 0.25) is 0 Å². The smallest absolute Gasteiger partial charge is 0.234 e. The number of fused-ring (bicyclic) bond motifs is 1. The van der Waals surface area contributed by atoms with Crippen molar-refractivity contribution in [3.63, 3.8) is 0 Å². The Morgan fingerprint density at radius 3 is 2.50 bits per heavy atom. The summed E-state index contributed by atoms with van der Waals surface area (Å²) < 4.78 is 1.06. The fraction of sp³-hybridized carbons (Fsp3) is 0.562. The van der Waals surface area contributed by atoms with Gasteiger partial charge in [-0.2, -0.15) is 0 Å². The fourth-order valence-electron chi connectivity index (χ4n) is 3.41. The summed E-state index contributed by atoms with van der Waals surface area (Å²) in [6.07, 6.45) is 0. The minimum atomic E-state index is 0. The second-order valence-corrected chi connectivity index (χ2v) is 7.13. The average molecular weight is 389 g/mol. The van der Waals surface area contributed by atoms with Crippen molar-refractivity contribution in [1.82, 2.24) is 15.5 Å². The van der Waals surface area contributed by atoms with E-state index in [4.69, 9.17) is 0 Å². The molecule has 22 heavy (non-hydrogen) atoms.